The van der Waals surface area contributed by atoms with Crippen molar-refractivity contribution in [3.05, 3.63) is 66.0 Å². The van der Waals surface area contributed by atoms with E-state index in [-0.39, 0.29) is 0 Å². The molecule has 2 aromatic carbocycles. The first-order chi connectivity index (χ1) is 7.38. The molecule has 0 aliphatic rings. The number of hydrogen-bond acceptors (Lipinski definition) is 1. The van der Waals surface area contributed by atoms with Crippen LogP contribution < -0.4 is 4.74 Å². The van der Waals surface area contributed by atoms with Crippen molar-refractivity contribution >= 4 is 5.69 Å². The Morgan fingerprint density at radius 1 is 0.800 bits per heavy atom. The van der Waals surface area contributed by atoms with Crippen molar-refractivity contribution in [3.8, 4) is 11.5 Å². The zero-order valence-electron chi connectivity index (χ0n) is 8.05. The van der Waals surface area contributed by atoms with E-state index in [1.165, 1.54) is 0 Å². The maximum atomic E-state index is 6.82. The number of rotatable bonds is 2. The molecule has 0 fully saturated rings. The number of benzene rings is 2. The summed E-state index contributed by atoms with van der Waals surface area (Å²) < 4.78 is 5.57. The van der Waals surface area contributed by atoms with E-state index in [9.17, 15) is 0 Å². The average Bonchev–Trinajstić information content (AvgIpc) is 2.31. The summed E-state index contributed by atoms with van der Waals surface area (Å²) in [5.74, 6) is 1.54. The van der Waals surface area contributed by atoms with E-state index in [1.54, 1.807) is 24.3 Å². The summed E-state index contributed by atoms with van der Waals surface area (Å²) in [7, 11) is 0. The lowest BCUT2D eigenvalue weighted by Gasteiger charge is -2.04. The van der Waals surface area contributed by atoms with Gasteiger partial charge < -0.3 is 4.74 Å². The summed E-state index contributed by atoms with van der Waals surface area (Å²) in [4.78, 5) is 3.31. The van der Waals surface area contributed by atoms with Gasteiger partial charge in [0.05, 0.1) is 6.57 Å². The Balaban J connectivity index is 2.16. The number of nitrogens with zero attached hydrogens (tertiary/aromatic N) is 1. The number of hydrogen-bond donors (Lipinski definition) is 0. The quantitative estimate of drug-likeness (QED) is 0.659. The van der Waals surface area contributed by atoms with Gasteiger partial charge in [-0.25, -0.2) is 4.85 Å². The molecule has 0 aliphatic carbocycles. The van der Waals surface area contributed by atoms with Crippen molar-refractivity contribution in [1.29, 1.82) is 0 Å². The van der Waals surface area contributed by atoms with Crippen LogP contribution in [0.2, 0.25) is 0 Å². The van der Waals surface area contributed by atoms with Crippen molar-refractivity contribution in [2.75, 3.05) is 0 Å². The molecular weight excluding hydrogens is 186 g/mol. The Bertz CT molecular complexity index is 468. The molecule has 0 aromatic heterocycles. The van der Waals surface area contributed by atoms with Crippen molar-refractivity contribution in [3.63, 3.8) is 0 Å². The largest absolute Gasteiger partial charge is 0.457 e. The van der Waals surface area contributed by atoms with Gasteiger partial charge in [0.25, 0.3) is 0 Å². The molecule has 2 heteroatoms. The van der Waals surface area contributed by atoms with Crippen LogP contribution in [0.1, 0.15) is 0 Å². The molecule has 2 nitrogen and oxygen atoms in total. The van der Waals surface area contributed by atoms with E-state index in [0.29, 0.717) is 5.69 Å². The molecule has 0 saturated carbocycles. The van der Waals surface area contributed by atoms with Gasteiger partial charge in [-0.3, -0.25) is 0 Å². The fourth-order valence-electron chi connectivity index (χ4n) is 1.21. The number of para-hydroxylation sites is 1. The van der Waals surface area contributed by atoms with Gasteiger partial charge in [0.1, 0.15) is 11.5 Å². The lowest BCUT2D eigenvalue weighted by molar-refractivity contribution is 0.483. The minimum absolute atomic E-state index is 0.621. The maximum absolute atomic E-state index is 6.82. The Labute approximate surface area is 88.6 Å². The summed E-state index contributed by atoms with van der Waals surface area (Å²) in [6.45, 7) is 6.82. The Kier molecular flexibility index (Phi) is 2.66. The maximum Gasteiger partial charge on any atom is 0.187 e. The average molecular weight is 195 g/mol. The van der Waals surface area contributed by atoms with Crippen molar-refractivity contribution in [1.82, 2.24) is 0 Å². The van der Waals surface area contributed by atoms with Crippen molar-refractivity contribution < 1.29 is 4.74 Å². The molecule has 0 N–H and O–H groups in total. The highest BCUT2D eigenvalue weighted by atomic mass is 16.5. The van der Waals surface area contributed by atoms with E-state index in [1.807, 2.05) is 30.3 Å². The van der Waals surface area contributed by atoms with Crippen LogP contribution in [-0.4, -0.2) is 0 Å². The van der Waals surface area contributed by atoms with Crippen LogP contribution in [0.5, 0.6) is 11.5 Å². The van der Waals surface area contributed by atoms with Crippen LogP contribution in [0.3, 0.4) is 0 Å². The Morgan fingerprint density at radius 3 is 2.00 bits per heavy atom. The standard InChI is InChI=1S/C13H9NO/c1-14-11-7-9-13(10-8-11)15-12-5-3-2-4-6-12/h2-10H. The van der Waals surface area contributed by atoms with Crippen LogP contribution in [-0.2, 0) is 0 Å². The molecule has 2 rings (SSSR count). The lowest BCUT2D eigenvalue weighted by Crippen LogP contribution is -1.81. The number of ether oxygens (including phenoxy) is 1. The molecule has 0 spiro atoms. The third-order valence-electron chi connectivity index (χ3n) is 1.94. The summed E-state index contributed by atoms with van der Waals surface area (Å²) in [5, 5.41) is 0. The van der Waals surface area contributed by atoms with Gasteiger partial charge in [-0.1, -0.05) is 30.3 Å². The third kappa shape index (κ3) is 2.35. The minimum Gasteiger partial charge on any atom is -0.457 e. The second-order valence-electron chi connectivity index (χ2n) is 3.02. The molecule has 0 radical (unpaired) electrons. The molecule has 0 unspecified atom stereocenters. The van der Waals surface area contributed by atoms with Gasteiger partial charge in [-0.05, 0) is 24.3 Å². The van der Waals surface area contributed by atoms with Gasteiger partial charge in [-0.2, -0.15) is 0 Å². The fraction of sp³-hybridized carbons (Fsp3) is 0. The van der Waals surface area contributed by atoms with Gasteiger partial charge >= 0.3 is 0 Å². The zero-order chi connectivity index (χ0) is 10.5. The molecule has 0 atom stereocenters. The molecule has 72 valence electrons. The predicted octanol–water partition coefficient (Wildman–Crippen LogP) is 4.03. The first-order valence-corrected chi connectivity index (χ1v) is 4.59. The van der Waals surface area contributed by atoms with E-state index < -0.39 is 0 Å². The van der Waals surface area contributed by atoms with Crippen LogP contribution in [0.4, 0.5) is 5.69 Å². The highest BCUT2D eigenvalue weighted by Crippen LogP contribution is 2.23. The molecule has 0 bridgehead atoms. The first-order valence-electron chi connectivity index (χ1n) is 4.59. The SMILES string of the molecule is [C-]#[N+]c1ccc(Oc2ccccc2)cc1. The van der Waals surface area contributed by atoms with E-state index in [0.717, 1.165) is 11.5 Å². The monoisotopic (exact) mass is 195 g/mol. The molecule has 0 saturated heterocycles. The normalized spacial score (nSPS) is 9.27. The summed E-state index contributed by atoms with van der Waals surface area (Å²) >= 11 is 0. The smallest absolute Gasteiger partial charge is 0.187 e. The Morgan fingerprint density at radius 2 is 1.40 bits per heavy atom. The molecule has 0 amide bonds. The topological polar surface area (TPSA) is 13.6 Å². The van der Waals surface area contributed by atoms with Gasteiger partial charge in [0, 0.05) is 0 Å². The highest BCUT2D eigenvalue weighted by Gasteiger charge is 1.95. The Hall–Kier alpha value is -2.27. The van der Waals surface area contributed by atoms with Gasteiger partial charge in [-0.15, -0.1) is 0 Å². The summed E-state index contributed by atoms with van der Waals surface area (Å²) in [6, 6.07) is 16.6. The fourth-order valence-corrected chi connectivity index (χ4v) is 1.21. The summed E-state index contributed by atoms with van der Waals surface area (Å²) in [6.07, 6.45) is 0. The van der Waals surface area contributed by atoms with Crippen LogP contribution in [0, 0.1) is 6.57 Å². The van der Waals surface area contributed by atoms with Crippen LogP contribution in [0.15, 0.2) is 54.6 Å². The van der Waals surface area contributed by atoms with E-state index in [4.69, 9.17) is 11.3 Å². The van der Waals surface area contributed by atoms with E-state index in [2.05, 4.69) is 4.85 Å². The van der Waals surface area contributed by atoms with Crippen molar-refractivity contribution in [2.45, 2.75) is 0 Å². The molecule has 0 heterocycles. The molecule has 15 heavy (non-hydrogen) atoms. The third-order valence-corrected chi connectivity index (χ3v) is 1.94. The van der Waals surface area contributed by atoms with Crippen LogP contribution in [0.25, 0.3) is 4.85 Å². The molecule has 2 aromatic rings. The zero-order valence-corrected chi connectivity index (χ0v) is 8.05. The molecular formula is C13H9NO. The van der Waals surface area contributed by atoms with Gasteiger partial charge in [0.15, 0.2) is 5.69 Å². The first kappa shape index (κ1) is 9.29. The highest BCUT2D eigenvalue weighted by molar-refractivity contribution is 5.47. The predicted molar refractivity (Wildman–Crippen MR) is 59.2 cm³/mol. The molecule has 0 aliphatic heterocycles. The lowest BCUT2D eigenvalue weighted by atomic mass is 10.3. The van der Waals surface area contributed by atoms with E-state index >= 15 is 0 Å². The minimum atomic E-state index is 0.621. The van der Waals surface area contributed by atoms with Crippen molar-refractivity contribution in [2.24, 2.45) is 0 Å². The second-order valence-corrected chi connectivity index (χ2v) is 3.02. The second kappa shape index (κ2) is 4.30. The van der Waals surface area contributed by atoms with Gasteiger partial charge in [0.2, 0.25) is 0 Å². The van der Waals surface area contributed by atoms with Crippen LogP contribution >= 0.6 is 0 Å². The summed E-state index contributed by atoms with van der Waals surface area (Å²) in [5.41, 5.74) is 0.621.